The van der Waals surface area contributed by atoms with Crippen molar-refractivity contribution in [1.82, 2.24) is 5.48 Å². The fourth-order valence-electron chi connectivity index (χ4n) is 0.970. The number of hydrogen-bond donors (Lipinski definition) is 1. The van der Waals surface area contributed by atoms with Crippen molar-refractivity contribution in [3.8, 4) is 0 Å². The Balaban J connectivity index is 3.01. The van der Waals surface area contributed by atoms with E-state index >= 15 is 0 Å². The molecule has 1 amide bonds. The van der Waals surface area contributed by atoms with Crippen LogP contribution in [-0.2, 0) is 4.84 Å². The molecule has 0 spiro atoms. The van der Waals surface area contributed by atoms with E-state index < -0.39 is 0 Å². The lowest BCUT2D eigenvalue weighted by Gasteiger charge is -2.05. The third kappa shape index (κ3) is 2.29. The molecule has 0 unspecified atom stereocenters. The van der Waals surface area contributed by atoms with Gasteiger partial charge in [0.25, 0.3) is 5.91 Å². The summed E-state index contributed by atoms with van der Waals surface area (Å²) in [6, 6.07) is 5.48. The quantitative estimate of drug-likeness (QED) is 0.808. The molecule has 0 radical (unpaired) electrons. The van der Waals surface area contributed by atoms with E-state index in [1.54, 1.807) is 6.07 Å². The van der Waals surface area contributed by atoms with Gasteiger partial charge in [-0.15, -0.1) is 0 Å². The van der Waals surface area contributed by atoms with Gasteiger partial charge in [0.15, 0.2) is 0 Å². The molecule has 1 rings (SSSR count). The highest BCUT2D eigenvalue weighted by molar-refractivity contribution is 9.10. The lowest BCUT2D eigenvalue weighted by atomic mass is 10.1. The second-order valence-electron chi connectivity index (χ2n) is 2.57. The number of halogens is 1. The SMILES string of the molecule is CONC(=O)c1cccc(C)c1Br. The monoisotopic (exact) mass is 243 g/mol. The first kappa shape index (κ1) is 10.2. The molecule has 0 aliphatic rings. The van der Waals surface area contributed by atoms with E-state index in [4.69, 9.17) is 0 Å². The zero-order chi connectivity index (χ0) is 9.84. The number of aryl methyl sites for hydroxylation is 1. The lowest BCUT2D eigenvalue weighted by Crippen LogP contribution is -2.22. The summed E-state index contributed by atoms with van der Waals surface area (Å²) in [7, 11) is 1.40. The van der Waals surface area contributed by atoms with Gasteiger partial charge in [0.2, 0.25) is 0 Å². The van der Waals surface area contributed by atoms with E-state index in [1.165, 1.54) is 7.11 Å². The summed E-state index contributed by atoms with van der Waals surface area (Å²) in [5.41, 5.74) is 3.85. The summed E-state index contributed by atoms with van der Waals surface area (Å²) >= 11 is 3.33. The van der Waals surface area contributed by atoms with E-state index in [0.29, 0.717) is 5.56 Å². The smallest absolute Gasteiger partial charge is 0.275 e. The van der Waals surface area contributed by atoms with E-state index in [0.717, 1.165) is 10.0 Å². The highest BCUT2D eigenvalue weighted by Crippen LogP contribution is 2.20. The molecule has 70 valence electrons. The van der Waals surface area contributed by atoms with Gasteiger partial charge in [-0.1, -0.05) is 12.1 Å². The maximum atomic E-state index is 11.4. The number of hydrogen-bond acceptors (Lipinski definition) is 2. The zero-order valence-corrected chi connectivity index (χ0v) is 9.01. The summed E-state index contributed by atoms with van der Waals surface area (Å²) in [6.45, 7) is 1.92. The second kappa shape index (κ2) is 4.39. The van der Waals surface area contributed by atoms with Gasteiger partial charge < -0.3 is 0 Å². The fourth-order valence-corrected chi connectivity index (χ4v) is 1.41. The molecule has 0 heterocycles. The molecule has 0 aliphatic heterocycles. The average molecular weight is 244 g/mol. The van der Waals surface area contributed by atoms with Gasteiger partial charge in [0.05, 0.1) is 12.7 Å². The van der Waals surface area contributed by atoms with Crippen LogP contribution >= 0.6 is 15.9 Å². The normalized spacial score (nSPS) is 9.77. The van der Waals surface area contributed by atoms with E-state index in [1.807, 2.05) is 19.1 Å². The summed E-state index contributed by atoms with van der Waals surface area (Å²) in [5.74, 6) is -0.252. The maximum absolute atomic E-state index is 11.4. The molecule has 13 heavy (non-hydrogen) atoms. The number of carbonyl (C=O) groups is 1. The Bertz CT molecular complexity index is 325. The average Bonchev–Trinajstić information content (AvgIpc) is 2.10. The maximum Gasteiger partial charge on any atom is 0.275 e. The van der Waals surface area contributed by atoms with Gasteiger partial charge >= 0.3 is 0 Å². The Morgan fingerprint density at radius 1 is 1.54 bits per heavy atom. The van der Waals surface area contributed by atoms with Gasteiger partial charge in [-0.05, 0) is 34.5 Å². The number of rotatable bonds is 2. The molecular formula is C9H10BrNO2. The van der Waals surface area contributed by atoms with Crippen molar-refractivity contribution in [2.24, 2.45) is 0 Å². The van der Waals surface area contributed by atoms with Crippen LogP contribution in [0.4, 0.5) is 0 Å². The minimum absolute atomic E-state index is 0.252. The summed E-state index contributed by atoms with van der Waals surface area (Å²) in [4.78, 5) is 15.9. The molecule has 0 aliphatic carbocycles. The highest BCUT2D eigenvalue weighted by Gasteiger charge is 2.09. The molecule has 0 aromatic heterocycles. The molecule has 0 saturated heterocycles. The van der Waals surface area contributed by atoms with E-state index in [-0.39, 0.29) is 5.91 Å². The minimum atomic E-state index is -0.252. The minimum Gasteiger partial charge on any atom is -0.277 e. The molecule has 1 N–H and O–H groups in total. The van der Waals surface area contributed by atoms with Crippen molar-refractivity contribution in [3.63, 3.8) is 0 Å². The van der Waals surface area contributed by atoms with Gasteiger partial charge in [0, 0.05) is 4.47 Å². The number of nitrogens with one attached hydrogen (secondary N) is 1. The number of amides is 1. The lowest BCUT2D eigenvalue weighted by molar-refractivity contribution is 0.0537. The molecule has 0 bridgehead atoms. The molecule has 0 saturated carbocycles. The van der Waals surface area contributed by atoms with E-state index in [9.17, 15) is 4.79 Å². The van der Waals surface area contributed by atoms with Crippen LogP contribution in [0.2, 0.25) is 0 Å². The van der Waals surface area contributed by atoms with Crippen LogP contribution in [0.25, 0.3) is 0 Å². The Hall–Kier alpha value is -0.870. The zero-order valence-electron chi connectivity index (χ0n) is 7.43. The third-order valence-corrected chi connectivity index (χ3v) is 2.68. The van der Waals surface area contributed by atoms with Gasteiger partial charge in [0.1, 0.15) is 0 Å². The summed E-state index contributed by atoms with van der Waals surface area (Å²) in [6.07, 6.45) is 0. The Kier molecular flexibility index (Phi) is 3.45. The first-order chi connectivity index (χ1) is 6.16. The first-order valence-corrected chi connectivity index (χ1v) is 4.54. The van der Waals surface area contributed by atoms with Crippen LogP contribution in [0.5, 0.6) is 0 Å². The standard InChI is InChI=1S/C9H10BrNO2/c1-6-4-3-5-7(8(6)10)9(12)11-13-2/h3-5H,1-2H3,(H,11,12). The molecule has 1 aromatic carbocycles. The second-order valence-corrected chi connectivity index (χ2v) is 3.36. The summed E-state index contributed by atoms with van der Waals surface area (Å²) < 4.78 is 0.796. The van der Waals surface area contributed by atoms with Crippen molar-refractivity contribution in [2.75, 3.05) is 7.11 Å². The van der Waals surface area contributed by atoms with Crippen molar-refractivity contribution < 1.29 is 9.63 Å². The molecule has 0 atom stereocenters. The Morgan fingerprint density at radius 3 is 2.85 bits per heavy atom. The van der Waals surface area contributed by atoms with Gasteiger partial charge in [-0.25, -0.2) is 5.48 Å². The van der Waals surface area contributed by atoms with Crippen LogP contribution < -0.4 is 5.48 Å². The van der Waals surface area contributed by atoms with Crippen molar-refractivity contribution >= 4 is 21.8 Å². The predicted molar refractivity (Wildman–Crippen MR) is 53.4 cm³/mol. The van der Waals surface area contributed by atoms with Crippen LogP contribution in [0.15, 0.2) is 22.7 Å². The molecule has 1 aromatic rings. The number of benzene rings is 1. The van der Waals surface area contributed by atoms with Crippen molar-refractivity contribution in [3.05, 3.63) is 33.8 Å². The molecule has 0 fully saturated rings. The van der Waals surface area contributed by atoms with Crippen LogP contribution in [0.3, 0.4) is 0 Å². The third-order valence-electron chi connectivity index (χ3n) is 1.63. The van der Waals surface area contributed by atoms with Crippen LogP contribution in [-0.4, -0.2) is 13.0 Å². The highest BCUT2D eigenvalue weighted by atomic mass is 79.9. The first-order valence-electron chi connectivity index (χ1n) is 3.75. The Morgan fingerprint density at radius 2 is 2.23 bits per heavy atom. The number of hydroxylamine groups is 1. The predicted octanol–water partition coefficient (Wildman–Crippen LogP) is 2.05. The molecule has 4 heteroatoms. The fraction of sp³-hybridized carbons (Fsp3) is 0.222. The van der Waals surface area contributed by atoms with Crippen molar-refractivity contribution in [2.45, 2.75) is 6.92 Å². The van der Waals surface area contributed by atoms with Crippen molar-refractivity contribution in [1.29, 1.82) is 0 Å². The topological polar surface area (TPSA) is 38.3 Å². The molecular weight excluding hydrogens is 234 g/mol. The van der Waals surface area contributed by atoms with Crippen LogP contribution in [0, 0.1) is 6.92 Å². The largest absolute Gasteiger partial charge is 0.277 e. The van der Waals surface area contributed by atoms with Crippen LogP contribution in [0.1, 0.15) is 15.9 Å². The number of carbonyl (C=O) groups excluding carboxylic acids is 1. The Labute approximate surface area is 85.2 Å². The van der Waals surface area contributed by atoms with Gasteiger partial charge in [-0.2, -0.15) is 0 Å². The molecule has 3 nitrogen and oxygen atoms in total. The van der Waals surface area contributed by atoms with Gasteiger partial charge in [-0.3, -0.25) is 9.63 Å². The summed E-state index contributed by atoms with van der Waals surface area (Å²) in [5, 5.41) is 0. The van der Waals surface area contributed by atoms with E-state index in [2.05, 4.69) is 26.2 Å².